The predicted octanol–water partition coefficient (Wildman–Crippen LogP) is 3.98. The van der Waals surface area contributed by atoms with Gasteiger partial charge in [-0.05, 0) is 64.0 Å². The van der Waals surface area contributed by atoms with Gasteiger partial charge >= 0.3 is 0 Å². The van der Waals surface area contributed by atoms with Crippen molar-refractivity contribution in [2.45, 2.75) is 0 Å². The maximum atomic E-state index is 12.8. The Balaban J connectivity index is 1.86. The van der Waals surface area contributed by atoms with E-state index in [1.807, 2.05) is 0 Å². The lowest BCUT2D eigenvalue weighted by atomic mass is 10.1. The van der Waals surface area contributed by atoms with E-state index in [1.54, 1.807) is 60.7 Å². The quantitative estimate of drug-likeness (QED) is 0.278. The Morgan fingerprint density at radius 1 is 1.00 bits per heavy atom. The molecule has 0 bridgehead atoms. The second-order valence-corrected chi connectivity index (χ2v) is 7.12. The van der Waals surface area contributed by atoms with Gasteiger partial charge in [0.05, 0.1) is 20.4 Å². The highest BCUT2D eigenvalue weighted by atomic mass is 79.9. The molecule has 0 aliphatic rings. The molecule has 1 heterocycles. The first kappa shape index (κ1) is 22.8. The summed E-state index contributed by atoms with van der Waals surface area (Å²) >= 11 is 3.19. The molecule has 2 aromatic carbocycles. The van der Waals surface area contributed by atoms with Crippen LogP contribution in [0.5, 0.6) is 11.5 Å². The maximum absolute atomic E-state index is 12.8. The molecule has 0 atom stereocenters. The number of carbonyl (C=O) groups excluding carboxylic acids is 2. The topological polar surface area (TPSA) is 102 Å². The Morgan fingerprint density at radius 3 is 2.41 bits per heavy atom. The van der Waals surface area contributed by atoms with E-state index in [0.29, 0.717) is 33.1 Å². The molecule has 164 valence electrons. The van der Waals surface area contributed by atoms with Gasteiger partial charge in [-0.2, -0.15) is 5.10 Å². The number of rotatable bonds is 8. The Hall–Kier alpha value is -3.85. The zero-order valence-electron chi connectivity index (χ0n) is 17.3. The lowest BCUT2D eigenvalue weighted by Crippen LogP contribution is -2.32. The van der Waals surface area contributed by atoms with Crippen molar-refractivity contribution in [3.05, 3.63) is 87.9 Å². The number of ether oxygens (including phenoxy) is 2. The number of nitrogens with one attached hydrogen (secondary N) is 2. The van der Waals surface area contributed by atoms with E-state index < -0.39 is 11.8 Å². The molecule has 9 heteroatoms. The highest BCUT2D eigenvalue weighted by Gasteiger charge is 2.15. The monoisotopic (exact) mass is 497 g/mol. The lowest BCUT2D eigenvalue weighted by Gasteiger charge is -2.11. The Morgan fingerprint density at radius 2 is 1.75 bits per heavy atom. The van der Waals surface area contributed by atoms with Crippen molar-refractivity contribution >= 4 is 40.0 Å². The summed E-state index contributed by atoms with van der Waals surface area (Å²) in [6.45, 7) is 0. The number of furan rings is 1. The summed E-state index contributed by atoms with van der Waals surface area (Å²) < 4.78 is 16.4. The molecule has 0 saturated carbocycles. The first-order valence-corrected chi connectivity index (χ1v) is 10.2. The van der Waals surface area contributed by atoms with Crippen LogP contribution in [-0.4, -0.2) is 32.2 Å². The van der Waals surface area contributed by atoms with Crippen LogP contribution in [0.25, 0.3) is 6.08 Å². The van der Waals surface area contributed by atoms with E-state index in [2.05, 4.69) is 31.8 Å². The Kier molecular flexibility index (Phi) is 7.82. The highest BCUT2D eigenvalue weighted by Crippen LogP contribution is 2.28. The van der Waals surface area contributed by atoms with Crippen LogP contribution in [0.3, 0.4) is 0 Å². The third kappa shape index (κ3) is 6.08. The molecule has 3 rings (SSSR count). The molecule has 3 aromatic rings. The molecular weight excluding hydrogens is 478 g/mol. The minimum atomic E-state index is -0.620. The largest absolute Gasteiger partial charge is 0.493 e. The average Bonchev–Trinajstić information content (AvgIpc) is 3.23. The molecule has 0 spiro atoms. The summed E-state index contributed by atoms with van der Waals surface area (Å²) in [4.78, 5) is 25.4. The van der Waals surface area contributed by atoms with Gasteiger partial charge in [-0.1, -0.05) is 24.3 Å². The van der Waals surface area contributed by atoms with E-state index in [1.165, 1.54) is 26.5 Å². The summed E-state index contributed by atoms with van der Waals surface area (Å²) in [6, 6.07) is 17.1. The Bertz CT molecular complexity index is 1160. The number of amides is 2. The third-order valence-electron chi connectivity index (χ3n) is 4.20. The fourth-order valence-corrected chi connectivity index (χ4v) is 2.98. The van der Waals surface area contributed by atoms with Crippen LogP contribution in [-0.2, 0) is 4.79 Å². The van der Waals surface area contributed by atoms with Gasteiger partial charge in [0.25, 0.3) is 11.8 Å². The summed E-state index contributed by atoms with van der Waals surface area (Å²) in [6.07, 6.45) is 2.85. The minimum absolute atomic E-state index is 0.0103. The molecule has 0 unspecified atom stereocenters. The van der Waals surface area contributed by atoms with Gasteiger partial charge in [0.1, 0.15) is 11.5 Å². The van der Waals surface area contributed by atoms with Crippen molar-refractivity contribution < 1.29 is 23.5 Å². The molecule has 0 aliphatic carbocycles. The number of hydrazone groups is 1. The van der Waals surface area contributed by atoms with E-state index in [-0.39, 0.29) is 5.70 Å². The molecular formula is C23H20BrN3O5. The number of hydrogen-bond donors (Lipinski definition) is 2. The zero-order valence-corrected chi connectivity index (χ0v) is 18.9. The van der Waals surface area contributed by atoms with Gasteiger partial charge in [0.15, 0.2) is 16.2 Å². The summed E-state index contributed by atoms with van der Waals surface area (Å²) in [5, 5.41) is 6.52. The van der Waals surface area contributed by atoms with Gasteiger partial charge in [-0.3, -0.25) is 9.59 Å². The van der Waals surface area contributed by atoms with Crippen molar-refractivity contribution in [2.75, 3.05) is 14.2 Å². The van der Waals surface area contributed by atoms with Crippen molar-refractivity contribution in [1.82, 2.24) is 10.7 Å². The summed E-state index contributed by atoms with van der Waals surface area (Å²) in [7, 11) is 3.04. The van der Waals surface area contributed by atoms with Crippen LogP contribution >= 0.6 is 15.9 Å². The van der Waals surface area contributed by atoms with E-state index in [4.69, 9.17) is 13.9 Å². The predicted molar refractivity (Wildman–Crippen MR) is 124 cm³/mol. The van der Waals surface area contributed by atoms with E-state index >= 15 is 0 Å². The minimum Gasteiger partial charge on any atom is -0.493 e. The fraction of sp³-hybridized carbons (Fsp3) is 0.0870. The lowest BCUT2D eigenvalue weighted by molar-refractivity contribution is -0.117. The number of benzene rings is 2. The molecule has 0 fully saturated rings. The van der Waals surface area contributed by atoms with Crippen molar-refractivity contribution in [3.8, 4) is 11.5 Å². The second kappa shape index (κ2) is 11.0. The normalized spacial score (nSPS) is 11.3. The van der Waals surface area contributed by atoms with Crippen LogP contribution in [0.2, 0.25) is 0 Å². The maximum Gasteiger partial charge on any atom is 0.287 e. The molecule has 2 amide bonds. The number of nitrogens with zero attached hydrogens (tertiary/aromatic N) is 1. The van der Waals surface area contributed by atoms with Gasteiger partial charge in [0.2, 0.25) is 0 Å². The van der Waals surface area contributed by atoms with Crippen LogP contribution < -0.4 is 20.2 Å². The van der Waals surface area contributed by atoms with Crippen molar-refractivity contribution in [3.63, 3.8) is 0 Å². The molecule has 0 radical (unpaired) electrons. The molecule has 0 saturated heterocycles. The summed E-state index contributed by atoms with van der Waals surface area (Å²) in [5.74, 6) is 0.406. The van der Waals surface area contributed by atoms with Crippen LogP contribution in [0.4, 0.5) is 0 Å². The number of halogens is 1. The van der Waals surface area contributed by atoms with Gasteiger partial charge < -0.3 is 19.2 Å². The second-order valence-electron chi connectivity index (χ2n) is 6.33. The van der Waals surface area contributed by atoms with Crippen LogP contribution in [0, 0.1) is 0 Å². The highest BCUT2D eigenvalue weighted by molar-refractivity contribution is 9.10. The van der Waals surface area contributed by atoms with Gasteiger partial charge in [0, 0.05) is 5.56 Å². The fourth-order valence-electron chi connectivity index (χ4n) is 2.66. The SMILES string of the molecule is COc1ccc(C=C(NC(=O)c2ccccc2)C(=O)NN=Cc2ccc(Br)o2)cc1OC. The summed E-state index contributed by atoms with van der Waals surface area (Å²) in [5.41, 5.74) is 3.39. The van der Waals surface area contributed by atoms with Crippen molar-refractivity contribution in [1.29, 1.82) is 0 Å². The molecule has 2 N–H and O–H groups in total. The van der Waals surface area contributed by atoms with E-state index in [9.17, 15) is 9.59 Å². The number of carbonyl (C=O) groups is 2. The van der Waals surface area contributed by atoms with E-state index in [0.717, 1.165) is 0 Å². The van der Waals surface area contributed by atoms with Gasteiger partial charge in [-0.25, -0.2) is 5.43 Å². The molecule has 32 heavy (non-hydrogen) atoms. The van der Waals surface area contributed by atoms with Gasteiger partial charge in [-0.15, -0.1) is 0 Å². The smallest absolute Gasteiger partial charge is 0.287 e. The molecule has 0 aliphatic heterocycles. The van der Waals surface area contributed by atoms with Crippen molar-refractivity contribution in [2.24, 2.45) is 5.10 Å². The zero-order chi connectivity index (χ0) is 22.9. The number of hydrogen-bond acceptors (Lipinski definition) is 6. The van der Waals surface area contributed by atoms with Crippen LogP contribution in [0.15, 0.2) is 80.5 Å². The van der Waals surface area contributed by atoms with Crippen LogP contribution in [0.1, 0.15) is 21.7 Å². The third-order valence-corrected chi connectivity index (χ3v) is 4.63. The standard InChI is InChI=1S/C23H20BrN3O5/c1-30-19-10-8-15(13-20(19)31-2)12-18(26-22(28)16-6-4-3-5-7-16)23(29)27-25-14-17-9-11-21(24)32-17/h3-14H,1-2H3,(H,26,28)(H,27,29). The first-order chi connectivity index (χ1) is 15.5. The molecule has 1 aromatic heterocycles. The average molecular weight is 498 g/mol. The molecule has 8 nitrogen and oxygen atoms in total. The Labute approximate surface area is 193 Å². The number of methoxy groups -OCH3 is 2. The first-order valence-electron chi connectivity index (χ1n) is 9.39.